The summed E-state index contributed by atoms with van der Waals surface area (Å²) in [7, 11) is 0. The van der Waals surface area contributed by atoms with Gasteiger partial charge in [0.25, 0.3) is 0 Å². The van der Waals surface area contributed by atoms with Crippen LogP contribution in [0.25, 0.3) is 10.9 Å². The van der Waals surface area contributed by atoms with E-state index >= 15 is 0 Å². The molecule has 0 spiro atoms. The van der Waals surface area contributed by atoms with Crippen molar-refractivity contribution < 1.29 is 0 Å². The number of anilines is 1. The molecule has 0 aliphatic heterocycles. The molecule has 1 saturated carbocycles. The summed E-state index contributed by atoms with van der Waals surface area (Å²) in [5.41, 5.74) is 6.77. The van der Waals surface area contributed by atoms with Crippen LogP contribution in [0.3, 0.4) is 0 Å². The van der Waals surface area contributed by atoms with Crippen molar-refractivity contribution in [3.8, 4) is 0 Å². The number of fused-ring (bicyclic) bond motifs is 1. The lowest BCUT2D eigenvalue weighted by atomic mass is 9.96. The van der Waals surface area contributed by atoms with E-state index in [0.717, 1.165) is 10.9 Å². The summed E-state index contributed by atoms with van der Waals surface area (Å²) < 4.78 is 0. The van der Waals surface area contributed by atoms with Crippen LogP contribution in [-0.2, 0) is 0 Å². The first kappa shape index (κ1) is 11.4. The molecule has 18 heavy (non-hydrogen) atoms. The summed E-state index contributed by atoms with van der Waals surface area (Å²) in [6, 6.07) is 8.00. The highest BCUT2D eigenvalue weighted by atomic mass is 15.2. The maximum absolute atomic E-state index is 5.89. The monoisotopic (exact) mass is 242 g/mol. The number of aromatic nitrogens is 2. The van der Waals surface area contributed by atoms with Crippen LogP contribution in [0.5, 0.6) is 0 Å². The van der Waals surface area contributed by atoms with E-state index in [9.17, 15) is 0 Å². The standard InChI is InChI=1S/C14H18N4/c1-14(9-15,11-6-7-11)18-13-16-8-10-4-2-3-5-12(10)17-13/h2-5,8,11H,6-7,9,15H2,1H3,(H,16,17,18). The van der Waals surface area contributed by atoms with E-state index in [1.165, 1.54) is 12.8 Å². The maximum Gasteiger partial charge on any atom is 0.223 e. The van der Waals surface area contributed by atoms with Crippen LogP contribution in [0.15, 0.2) is 30.5 Å². The first-order valence-electron chi connectivity index (χ1n) is 6.41. The summed E-state index contributed by atoms with van der Waals surface area (Å²) >= 11 is 0. The second kappa shape index (κ2) is 4.21. The Labute approximate surface area is 107 Å². The smallest absolute Gasteiger partial charge is 0.223 e. The third-order valence-corrected chi connectivity index (χ3v) is 3.79. The Morgan fingerprint density at radius 3 is 2.89 bits per heavy atom. The van der Waals surface area contributed by atoms with Crippen molar-refractivity contribution in [1.82, 2.24) is 9.97 Å². The fraction of sp³-hybridized carbons (Fsp3) is 0.429. The molecule has 1 fully saturated rings. The fourth-order valence-electron chi connectivity index (χ4n) is 2.33. The number of nitrogens with zero attached hydrogens (tertiary/aromatic N) is 2. The molecule has 0 saturated heterocycles. The van der Waals surface area contributed by atoms with Gasteiger partial charge in [-0.2, -0.15) is 0 Å². The number of nitrogens with two attached hydrogens (primary N) is 1. The minimum absolute atomic E-state index is 0.0809. The Bertz CT molecular complexity index is 564. The van der Waals surface area contributed by atoms with Crippen molar-refractivity contribution in [3.05, 3.63) is 30.5 Å². The van der Waals surface area contributed by atoms with E-state index < -0.39 is 0 Å². The molecule has 4 heteroatoms. The van der Waals surface area contributed by atoms with Crippen LogP contribution in [0.1, 0.15) is 19.8 Å². The number of rotatable bonds is 4. The lowest BCUT2D eigenvalue weighted by molar-refractivity contribution is 0.456. The van der Waals surface area contributed by atoms with E-state index in [4.69, 9.17) is 5.73 Å². The van der Waals surface area contributed by atoms with Gasteiger partial charge >= 0.3 is 0 Å². The number of benzene rings is 1. The molecule has 94 valence electrons. The SMILES string of the molecule is CC(CN)(Nc1ncc2ccccc2n1)C1CC1. The molecule has 1 aliphatic carbocycles. The van der Waals surface area contributed by atoms with Crippen LogP contribution >= 0.6 is 0 Å². The average Bonchev–Trinajstić information content (AvgIpc) is 3.23. The third kappa shape index (κ3) is 2.04. The van der Waals surface area contributed by atoms with Gasteiger partial charge in [0.1, 0.15) is 0 Å². The molecule has 1 atom stereocenters. The Morgan fingerprint density at radius 1 is 1.39 bits per heavy atom. The van der Waals surface area contributed by atoms with Crippen LogP contribution < -0.4 is 11.1 Å². The Kier molecular flexibility index (Phi) is 2.67. The van der Waals surface area contributed by atoms with Gasteiger partial charge in [0.2, 0.25) is 5.95 Å². The van der Waals surface area contributed by atoms with Gasteiger partial charge in [-0.3, -0.25) is 0 Å². The third-order valence-electron chi connectivity index (χ3n) is 3.79. The number of para-hydroxylation sites is 1. The molecule has 3 rings (SSSR count). The van der Waals surface area contributed by atoms with Crippen LogP contribution in [0.4, 0.5) is 5.95 Å². The highest BCUT2D eigenvalue weighted by Crippen LogP contribution is 2.40. The van der Waals surface area contributed by atoms with Crippen molar-refractivity contribution in [1.29, 1.82) is 0 Å². The summed E-state index contributed by atoms with van der Waals surface area (Å²) in [6.07, 6.45) is 4.34. The van der Waals surface area contributed by atoms with Gasteiger partial charge in [-0.05, 0) is 31.7 Å². The van der Waals surface area contributed by atoms with Gasteiger partial charge < -0.3 is 11.1 Å². The quantitative estimate of drug-likeness (QED) is 0.862. The normalized spacial score (nSPS) is 18.6. The number of hydrogen-bond acceptors (Lipinski definition) is 4. The molecule has 2 aromatic rings. The molecule has 1 heterocycles. The van der Waals surface area contributed by atoms with Crippen LogP contribution in [0.2, 0.25) is 0 Å². The van der Waals surface area contributed by atoms with Gasteiger partial charge in [0.05, 0.1) is 11.1 Å². The molecule has 0 bridgehead atoms. The van der Waals surface area contributed by atoms with Crippen LogP contribution in [0, 0.1) is 5.92 Å². The second-order valence-corrected chi connectivity index (χ2v) is 5.27. The fourth-order valence-corrected chi connectivity index (χ4v) is 2.33. The van der Waals surface area contributed by atoms with Crippen molar-refractivity contribution in [3.63, 3.8) is 0 Å². The largest absolute Gasteiger partial charge is 0.347 e. The molecule has 4 nitrogen and oxygen atoms in total. The highest BCUT2D eigenvalue weighted by molar-refractivity contribution is 5.78. The second-order valence-electron chi connectivity index (χ2n) is 5.27. The van der Waals surface area contributed by atoms with Crippen molar-refractivity contribution in [2.24, 2.45) is 11.7 Å². The zero-order valence-corrected chi connectivity index (χ0v) is 10.6. The Balaban J connectivity index is 1.90. The van der Waals surface area contributed by atoms with Crippen molar-refractivity contribution >= 4 is 16.9 Å². The van der Waals surface area contributed by atoms with E-state index in [-0.39, 0.29) is 5.54 Å². The van der Waals surface area contributed by atoms with Gasteiger partial charge in [0, 0.05) is 18.1 Å². The number of hydrogen-bond donors (Lipinski definition) is 2. The molecule has 1 unspecified atom stereocenters. The van der Waals surface area contributed by atoms with Gasteiger partial charge in [-0.25, -0.2) is 9.97 Å². The lowest BCUT2D eigenvalue weighted by Gasteiger charge is -2.29. The molecule has 0 radical (unpaired) electrons. The zero-order chi connectivity index (χ0) is 12.6. The molecular formula is C14H18N4. The molecule has 3 N–H and O–H groups in total. The molecular weight excluding hydrogens is 224 g/mol. The highest BCUT2D eigenvalue weighted by Gasteiger charge is 2.40. The van der Waals surface area contributed by atoms with Gasteiger partial charge in [0.15, 0.2) is 0 Å². The van der Waals surface area contributed by atoms with Crippen molar-refractivity contribution in [2.45, 2.75) is 25.3 Å². The Hall–Kier alpha value is -1.68. The molecule has 1 aliphatic rings. The summed E-state index contributed by atoms with van der Waals surface area (Å²) in [4.78, 5) is 8.91. The van der Waals surface area contributed by atoms with Crippen molar-refractivity contribution in [2.75, 3.05) is 11.9 Å². The van der Waals surface area contributed by atoms with E-state index in [2.05, 4.69) is 22.2 Å². The molecule has 1 aromatic carbocycles. The van der Waals surface area contributed by atoms with E-state index in [0.29, 0.717) is 18.4 Å². The maximum atomic E-state index is 5.89. The predicted octanol–water partition coefficient (Wildman–Crippen LogP) is 2.17. The summed E-state index contributed by atoms with van der Waals surface area (Å²) in [5.74, 6) is 1.33. The zero-order valence-electron chi connectivity index (χ0n) is 10.6. The summed E-state index contributed by atoms with van der Waals surface area (Å²) in [6.45, 7) is 2.76. The average molecular weight is 242 g/mol. The van der Waals surface area contributed by atoms with E-state index in [1.54, 1.807) is 0 Å². The first-order valence-corrected chi connectivity index (χ1v) is 6.41. The molecule has 0 amide bonds. The number of nitrogens with one attached hydrogen (secondary N) is 1. The first-order chi connectivity index (χ1) is 8.71. The topological polar surface area (TPSA) is 63.8 Å². The van der Waals surface area contributed by atoms with Gasteiger partial charge in [-0.15, -0.1) is 0 Å². The Morgan fingerprint density at radius 2 is 2.17 bits per heavy atom. The van der Waals surface area contributed by atoms with Crippen LogP contribution in [-0.4, -0.2) is 22.1 Å². The minimum Gasteiger partial charge on any atom is -0.347 e. The molecule has 1 aromatic heterocycles. The minimum atomic E-state index is -0.0809. The van der Waals surface area contributed by atoms with Gasteiger partial charge in [-0.1, -0.05) is 18.2 Å². The van der Waals surface area contributed by atoms with E-state index in [1.807, 2.05) is 30.5 Å². The lowest BCUT2D eigenvalue weighted by Crippen LogP contribution is -2.45. The summed E-state index contributed by atoms with van der Waals surface area (Å²) in [5, 5.41) is 4.47. The predicted molar refractivity (Wildman–Crippen MR) is 73.3 cm³/mol.